The molecule has 154 valence electrons. The number of hydrogen-bond donors (Lipinski definition) is 0. The number of rotatable bonds is 4. The molecule has 0 bridgehead atoms. The Hall–Kier alpha value is -4.11. The van der Waals surface area contributed by atoms with E-state index in [0.29, 0.717) is 5.56 Å². The van der Waals surface area contributed by atoms with Gasteiger partial charge in [-0.3, -0.25) is 0 Å². The second kappa shape index (κ2) is 8.56. The molecule has 1 nitrogen and oxygen atoms in total. The summed E-state index contributed by atoms with van der Waals surface area (Å²) in [6.07, 6.45) is 0. The molecule has 32 heavy (non-hydrogen) atoms. The molecule has 0 N–H and O–H groups in total. The Labute approximate surface area is 185 Å². The van der Waals surface area contributed by atoms with Gasteiger partial charge in [-0.25, -0.2) is 13.8 Å². The van der Waals surface area contributed by atoms with E-state index in [1.807, 2.05) is 84.9 Å². The highest BCUT2D eigenvalue weighted by Gasteiger charge is 2.10. The van der Waals surface area contributed by atoms with Gasteiger partial charge in [0.25, 0.3) is 0 Å². The van der Waals surface area contributed by atoms with Crippen LogP contribution in [0.4, 0.5) is 8.78 Å². The van der Waals surface area contributed by atoms with Crippen molar-refractivity contribution in [2.45, 2.75) is 0 Å². The Morgan fingerprint density at radius 2 is 0.969 bits per heavy atom. The standard InChI is InChI=1S/C29H19F2N/c30-25-15-16-27(31)26(19-25)21-13-11-20(12-14-21)24-17-28(22-7-3-1-4-8-22)32-29(18-24)23-9-5-2-6-10-23/h1-19H. The van der Waals surface area contributed by atoms with Crippen LogP contribution in [0.25, 0.3) is 44.8 Å². The minimum Gasteiger partial charge on any atom is -0.248 e. The Kier molecular flexibility index (Phi) is 5.30. The smallest absolute Gasteiger partial charge is 0.131 e. The van der Waals surface area contributed by atoms with Gasteiger partial charge >= 0.3 is 0 Å². The number of hydrogen-bond acceptors (Lipinski definition) is 1. The van der Waals surface area contributed by atoms with Gasteiger partial charge in [-0.05, 0) is 47.0 Å². The maximum atomic E-state index is 14.2. The van der Waals surface area contributed by atoms with Crippen molar-refractivity contribution >= 4 is 0 Å². The lowest BCUT2D eigenvalue weighted by Crippen LogP contribution is -1.91. The van der Waals surface area contributed by atoms with Crippen molar-refractivity contribution < 1.29 is 8.78 Å². The number of nitrogens with zero attached hydrogens (tertiary/aromatic N) is 1. The summed E-state index contributed by atoms with van der Waals surface area (Å²) in [7, 11) is 0. The fraction of sp³-hybridized carbons (Fsp3) is 0. The summed E-state index contributed by atoms with van der Waals surface area (Å²) >= 11 is 0. The number of pyridine rings is 1. The maximum Gasteiger partial charge on any atom is 0.131 e. The normalized spacial score (nSPS) is 10.8. The van der Waals surface area contributed by atoms with Crippen LogP contribution in [0, 0.1) is 11.6 Å². The van der Waals surface area contributed by atoms with E-state index in [0.717, 1.165) is 45.8 Å². The van der Waals surface area contributed by atoms with Crippen molar-refractivity contribution in [2.75, 3.05) is 0 Å². The summed E-state index contributed by atoms with van der Waals surface area (Å²) in [6.45, 7) is 0. The van der Waals surface area contributed by atoms with Gasteiger partial charge in [0.15, 0.2) is 0 Å². The molecule has 1 heterocycles. The molecular weight excluding hydrogens is 400 g/mol. The molecule has 4 aromatic carbocycles. The third-order valence-electron chi connectivity index (χ3n) is 5.42. The molecule has 0 fully saturated rings. The lowest BCUT2D eigenvalue weighted by Gasteiger charge is -2.11. The molecule has 5 rings (SSSR count). The van der Waals surface area contributed by atoms with E-state index in [1.54, 1.807) is 0 Å². The first-order valence-electron chi connectivity index (χ1n) is 10.4. The van der Waals surface area contributed by atoms with E-state index < -0.39 is 11.6 Å². The molecular formula is C29H19F2N. The Bertz CT molecular complexity index is 1300. The predicted molar refractivity (Wildman–Crippen MR) is 126 cm³/mol. The van der Waals surface area contributed by atoms with Crippen LogP contribution in [0.1, 0.15) is 0 Å². The lowest BCUT2D eigenvalue weighted by molar-refractivity contribution is 0.603. The highest BCUT2D eigenvalue weighted by molar-refractivity contribution is 5.78. The van der Waals surface area contributed by atoms with Crippen LogP contribution in [0.5, 0.6) is 0 Å². The third kappa shape index (κ3) is 4.06. The van der Waals surface area contributed by atoms with Gasteiger partial charge in [0.05, 0.1) is 11.4 Å². The van der Waals surface area contributed by atoms with Crippen molar-refractivity contribution in [3.05, 3.63) is 127 Å². The van der Waals surface area contributed by atoms with Crippen LogP contribution in [0.15, 0.2) is 115 Å². The maximum absolute atomic E-state index is 14.2. The lowest BCUT2D eigenvalue weighted by atomic mass is 9.97. The Morgan fingerprint density at radius 1 is 0.438 bits per heavy atom. The predicted octanol–water partition coefficient (Wildman–Crippen LogP) is 8.03. The monoisotopic (exact) mass is 419 g/mol. The van der Waals surface area contributed by atoms with Crippen molar-refractivity contribution in [3.63, 3.8) is 0 Å². The zero-order chi connectivity index (χ0) is 21.9. The zero-order valence-electron chi connectivity index (χ0n) is 17.2. The molecule has 1 aromatic heterocycles. The molecule has 0 aliphatic rings. The number of benzene rings is 4. The van der Waals surface area contributed by atoms with Crippen LogP contribution in [-0.2, 0) is 0 Å². The third-order valence-corrected chi connectivity index (χ3v) is 5.42. The first kappa shape index (κ1) is 19.8. The molecule has 3 heteroatoms. The molecule has 5 aromatic rings. The van der Waals surface area contributed by atoms with Gasteiger partial charge < -0.3 is 0 Å². The highest BCUT2D eigenvalue weighted by atomic mass is 19.1. The van der Waals surface area contributed by atoms with Crippen LogP contribution in [0.3, 0.4) is 0 Å². The fourth-order valence-electron chi connectivity index (χ4n) is 3.77. The van der Waals surface area contributed by atoms with Crippen LogP contribution in [0.2, 0.25) is 0 Å². The van der Waals surface area contributed by atoms with Crippen molar-refractivity contribution in [3.8, 4) is 44.8 Å². The Balaban J connectivity index is 1.60. The van der Waals surface area contributed by atoms with Gasteiger partial charge in [0.1, 0.15) is 11.6 Å². The first-order valence-corrected chi connectivity index (χ1v) is 10.4. The van der Waals surface area contributed by atoms with Crippen LogP contribution >= 0.6 is 0 Å². The molecule has 0 radical (unpaired) electrons. The van der Waals surface area contributed by atoms with E-state index in [2.05, 4.69) is 12.1 Å². The summed E-state index contributed by atoms with van der Waals surface area (Å²) in [5.74, 6) is -0.902. The van der Waals surface area contributed by atoms with E-state index in [-0.39, 0.29) is 5.56 Å². The summed E-state index contributed by atoms with van der Waals surface area (Å²) in [5, 5.41) is 0. The average Bonchev–Trinajstić information content (AvgIpc) is 2.86. The number of aromatic nitrogens is 1. The summed E-state index contributed by atoms with van der Waals surface area (Å²) in [6, 6.07) is 35.2. The van der Waals surface area contributed by atoms with E-state index >= 15 is 0 Å². The second-order valence-corrected chi connectivity index (χ2v) is 7.56. The van der Waals surface area contributed by atoms with Crippen molar-refractivity contribution in [2.24, 2.45) is 0 Å². The average molecular weight is 419 g/mol. The molecule has 0 unspecified atom stereocenters. The SMILES string of the molecule is Fc1ccc(F)c(-c2ccc(-c3cc(-c4ccccc4)nc(-c4ccccc4)c3)cc2)c1. The van der Waals surface area contributed by atoms with Crippen molar-refractivity contribution in [1.29, 1.82) is 0 Å². The van der Waals surface area contributed by atoms with Crippen LogP contribution in [-0.4, -0.2) is 4.98 Å². The van der Waals surface area contributed by atoms with Gasteiger partial charge in [-0.2, -0.15) is 0 Å². The van der Waals surface area contributed by atoms with E-state index in [1.165, 1.54) is 6.07 Å². The molecule has 0 atom stereocenters. The van der Waals surface area contributed by atoms with Gasteiger partial charge in [-0.15, -0.1) is 0 Å². The van der Waals surface area contributed by atoms with Gasteiger partial charge in [0.2, 0.25) is 0 Å². The zero-order valence-corrected chi connectivity index (χ0v) is 17.2. The first-order chi connectivity index (χ1) is 15.7. The summed E-state index contributed by atoms with van der Waals surface area (Å²) in [4.78, 5) is 4.89. The summed E-state index contributed by atoms with van der Waals surface area (Å²) in [5.41, 5.74) is 6.68. The second-order valence-electron chi connectivity index (χ2n) is 7.56. The van der Waals surface area contributed by atoms with E-state index in [9.17, 15) is 8.78 Å². The Morgan fingerprint density at radius 3 is 1.53 bits per heavy atom. The summed E-state index contributed by atoms with van der Waals surface area (Å²) < 4.78 is 27.8. The number of halogens is 2. The minimum absolute atomic E-state index is 0.251. The van der Waals surface area contributed by atoms with Gasteiger partial charge in [-0.1, -0.05) is 84.9 Å². The minimum atomic E-state index is -0.459. The molecule has 0 saturated carbocycles. The molecule has 0 aliphatic heterocycles. The largest absolute Gasteiger partial charge is 0.248 e. The van der Waals surface area contributed by atoms with Crippen molar-refractivity contribution in [1.82, 2.24) is 4.98 Å². The fourth-order valence-corrected chi connectivity index (χ4v) is 3.77. The molecule has 0 saturated heterocycles. The van der Waals surface area contributed by atoms with Gasteiger partial charge in [0, 0.05) is 16.7 Å². The van der Waals surface area contributed by atoms with E-state index in [4.69, 9.17) is 4.98 Å². The topological polar surface area (TPSA) is 12.9 Å². The quantitative estimate of drug-likeness (QED) is 0.287. The van der Waals surface area contributed by atoms with Crippen LogP contribution < -0.4 is 0 Å². The molecule has 0 aliphatic carbocycles. The molecule has 0 spiro atoms. The molecule has 0 amide bonds. The highest BCUT2D eigenvalue weighted by Crippen LogP contribution is 2.32.